The molecule has 0 bridgehead atoms. The third kappa shape index (κ3) is 3.98. The summed E-state index contributed by atoms with van der Waals surface area (Å²) in [5.74, 6) is 0.535. The number of nitrogens with zero attached hydrogens (tertiary/aromatic N) is 3. The number of methoxy groups -OCH3 is 1. The summed E-state index contributed by atoms with van der Waals surface area (Å²) in [7, 11) is 1.59. The number of hydrogen-bond acceptors (Lipinski definition) is 6. The van der Waals surface area contributed by atoms with Crippen LogP contribution < -0.4 is 10.1 Å². The van der Waals surface area contributed by atoms with E-state index < -0.39 is 0 Å². The van der Waals surface area contributed by atoms with E-state index in [2.05, 4.69) is 32.8 Å². The fraction of sp³-hybridized carbons (Fsp3) is 0.500. The van der Waals surface area contributed by atoms with Crippen molar-refractivity contribution in [3.63, 3.8) is 0 Å². The first-order valence-corrected chi connectivity index (χ1v) is 7.63. The fourth-order valence-electron chi connectivity index (χ4n) is 1.94. The van der Waals surface area contributed by atoms with Gasteiger partial charge in [-0.1, -0.05) is 6.92 Å². The molecule has 1 N–H and O–H groups in total. The van der Waals surface area contributed by atoms with Crippen molar-refractivity contribution in [3.8, 4) is 5.88 Å². The topological polar surface area (TPSA) is 59.9 Å². The summed E-state index contributed by atoms with van der Waals surface area (Å²) in [4.78, 5) is 4.52. The molecule has 1 unspecified atom stereocenters. The van der Waals surface area contributed by atoms with Crippen molar-refractivity contribution < 1.29 is 4.74 Å². The van der Waals surface area contributed by atoms with Gasteiger partial charge in [-0.15, -0.1) is 16.4 Å². The van der Waals surface area contributed by atoms with Crippen LogP contribution in [0.2, 0.25) is 0 Å². The van der Waals surface area contributed by atoms with Crippen LogP contribution in [-0.2, 0) is 6.42 Å². The first-order chi connectivity index (χ1) is 9.72. The standard InChI is InChI=1S/C14H20N4OS/c1-4-7-15-13(8-11-9-20-10(2)16-11)12-5-6-14(19-3)18-17-12/h5-6,9,13,15H,4,7-8H2,1-3H3. The Hall–Kier alpha value is -1.53. The van der Waals surface area contributed by atoms with E-state index >= 15 is 0 Å². The third-order valence-electron chi connectivity index (χ3n) is 2.95. The molecule has 20 heavy (non-hydrogen) atoms. The van der Waals surface area contributed by atoms with E-state index in [0.29, 0.717) is 5.88 Å². The Labute approximate surface area is 123 Å². The molecule has 0 spiro atoms. The lowest BCUT2D eigenvalue weighted by Crippen LogP contribution is -2.25. The maximum absolute atomic E-state index is 5.05. The summed E-state index contributed by atoms with van der Waals surface area (Å²) in [6.07, 6.45) is 1.90. The summed E-state index contributed by atoms with van der Waals surface area (Å²) >= 11 is 1.68. The van der Waals surface area contributed by atoms with Gasteiger partial charge in [0.25, 0.3) is 0 Å². The van der Waals surface area contributed by atoms with E-state index in [1.54, 1.807) is 18.4 Å². The SMILES string of the molecule is CCCNC(Cc1csc(C)n1)c1ccc(OC)nn1. The minimum absolute atomic E-state index is 0.134. The lowest BCUT2D eigenvalue weighted by Gasteiger charge is -2.16. The number of aromatic nitrogens is 3. The first-order valence-electron chi connectivity index (χ1n) is 6.75. The molecule has 2 rings (SSSR count). The van der Waals surface area contributed by atoms with Gasteiger partial charge in [0.15, 0.2) is 0 Å². The molecule has 2 heterocycles. The lowest BCUT2D eigenvalue weighted by atomic mass is 10.1. The van der Waals surface area contributed by atoms with Crippen LogP contribution in [0.3, 0.4) is 0 Å². The van der Waals surface area contributed by atoms with Crippen LogP contribution in [-0.4, -0.2) is 28.8 Å². The van der Waals surface area contributed by atoms with Crippen LogP contribution >= 0.6 is 11.3 Å². The van der Waals surface area contributed by atoms with Gasteiger partial charge in [-0.05, 0) is 26.0 Å². The van der Waals surface area contributed by atoms with Crippen LogP contribution in [0.25, 0.3) is 0 Å². The van der Waals surface area contributed by atoms with Crippen LogP contribution in [0.5, 0.6) is 5.88 Å². The molecule has 0 aliphatic carbocycles. The fourth-order valence-corrected chi connectivity index (χ4v) is 2.56. The number of rotatable bonds is 7. The van der Waals surface area contributed by atoms with E-state index in [-0.39, 0.29) is 6.04 Å². The van der Waals surface area contributed by atoms with E-state index in [1.165, 1.54) is 0 Å². The van der Waals surface area contributed by atoms with Gasteiger partial charge in [-0.3, -0.25) is 0 Å². The van der Waals surface area contributed by atoms with Crippen LogP contribution in [0, 0.1) is 6.92 Å². The summed E-state index contributed by atoms with van der Waals surface area (Å²) < 4.78 is 5.05. The number of ether oxygens (including phenoxy) is 1. The Kier molecular flexibility index (Phi) is 5.43. The van der Waals surface area contributed by atoms with Crippen molar-refractivity contribution in [2.45, 2.75) is 32.7 Å². The van der Waals surface area contributed by atoms with Gasteiger partial charge in [-0.2, -0.15) is 5.10 Å². The molecule has 0 fully saturated rings. The van der Waals surface area contributed by atoms with Crippen molar-refractivity contribution in [1.82, 2.24) is 20.5 Å². The number of thiazole rings is 1. The van der Waals surface area contributed by atoms with Crippen LogP contribution in [0.15, 0.2) is 17.5 Å². The molecule has 0 aliphatic heterocycles. The predicted octanol–water partition coefficient (Wildman–Crippen LogP) is 2.53. The Balaban J connectivity index is 2.12. The minimum atomic E-state index is 0.134. The number of nitrogens with one attached hydrogen (secondary N) is 1. The van der Waals surface area contributed by atoms with Gasteiger partial charge >= 0.3 is 0 Å². The van der Waals surface area contributed by atoms with Crippen molar-refractivity contribution in [1.29, 1.82) is 0 Å². The number of hydrogen-bond donors (Lipinski definition) is 1. The molecular formula is C14H20N4OS. The smallest absolute Gasteiger partial charge is 0.233 e. The van der Waals surface area contributed by atoms with Crippen molar-refractivity contribution in [2.24, 2.45) is 0 Å². The van der Waals surface area contributed by atoms with Gasteiger partial charge < -0.3 is 10.1 Å². The van der Waals surface area contributed by atoms with Crippen molar-refractivity contribution in [3.05, 3.63) is 33.9 Å². The molecule has 0 aromatic carbocycles. The molecule has 0 aliphatic rings. The molecule has 2 aromatic heterocycles. The van der Waals surface area contributed by atoms with Crippen molar-refractivity contribution in [2.75, 3.05) is 13.7 Å². The lowest BCUT2D eigenvalue weighted by molar-refractivity contribution is 0.389. The van der Waals surface area contributed by atoms with Gasteiger partial charge in [0.05, 0.1) is 29.5 Å². The predicted molar refractivity (Wildman–Crippen MR) is 80.2 cm³/mol. The minimum Gasteiger partial charge on any atom is -0.480 e. The zero-order valence-electron chi connectivity index (χ0n) is 12.1. The van der Waals surface area contributed by atoms with Crippen LogP contribution in [0.1, 0.15) is 35.8 Å². The van der Waals surface area contributed by atoms with Gasteiger partial charge in [0.1, 0.15) is 0 Å². The summed E-state index contributed by atoms with van der Waals surface area (Å²) in [5, 5.41) is 15.0. The quantitative estimate of drug-likeness (QED) is 0.849. The van der Waals surface area contributed by atoms with Gasteiger partial charge in [0.2, 0.25) is 5.88 Å². The second kappa shape index (κ2) is 7.31. The molecule has 0 saturated heterocycles. The van der Waals surface area contributed by atoms with E-state index in [9.17, 15) is 0 Å². The highest BCUT2D eigenvalue weighted by Crippen LogP contribution is 2.19. The Morgan fingerprint density at radius 1 is 1.35 bits per heavy atom. The van der Waals surface area contributed by atoms with Crippen molar-refractivity contribution >= 4 is 11.3 Å². The maximum atomic E-state index is 5.05. The largest absolute Gasteiger partial charge is 0.480 e. The molecule has 1 atom stereocenters. The highest BCUT2D eigenvalue weighted by Gasteiger charge is 2.15. The zero-order valence-corrected chi connectivity index (χ0v) is 12.9. The normalized spacial score (nSPS) is 12.3. The molecule has 0 amide bonds. The highest BCUT2D eigenvalue weighted by atomic mass is 32.1. The van der Waals surface area contributed by atoms with Gasteiger partial charge in [-0.25, -0.2) is 4.98 Å². The molecule has 2 aromatic rings. The second-order valence-corrected chi connectivity index (χ2v) is 5.63. The molecular weight excluding hydrogens is 272 g/mol. The Morgan fingerprint density at radius 2 is 2.20 bits per heavy atom. The van der Waals surface area contributed by atoms with Crippen LogP contribution in [0.4, 0.5) is 0 Å². The first kappa shape index (κ1) is 14.9. The summed E-state index contributed by atoms with van der Waals surface area (Å²) in [6, 6.07) is 3.93. The third-order valence-corrected chi connectivity index (χ3v) is 3.77. The molecule has 0 saturated carbocycles. The molecule has 108 valence electrons. The maximum Gasteiger partial charge on any atom is 0.233 e. The zero-order chi connectivity index (χ0) is 14.4. The Bertz CT molecular complexity index is 526. The van der Waals surface area contributed by atoms with Gasteiger partial charge in [0, 0.05) is 17.9 Å². The second-order valence-electron chi connectivity index (χ2n) is 4.57. The highest BCUT2D eigenvalue weighted by molar-refractivity contribution is 7.09. The Morgan fingerprint density at radius 3 is 2.75 bits per heavy atom. The number of aryl methyl sites for hydroxylation is 1. The molecule has 6 heteroatoms. The average molecular weight is 292 g/mol. The monoisotopic (exact) mass is 292 g/mol. The van der Waals surface area contributed by atoms with E-state index in [1.807, 2.05) is 19.1 Å². The molecule has 5 nitrogen and oxygen atoms in total. The molecule has 0 radical (unpaired) electrons. The summed E-state index contributed by atoms with van der Waals surface area (Å²) in [5.41, 5.74) is 2.02. The summed E-state index contributed by atoms with van der Waals surface area (Å²) in [6.45, 7) is 5.12. The van der Waals surface area contributed by atoms with E-state index in [0.717, 1.165) is 35.8 Å². The average Bonchev–Trinajstić information content (AvgIpc) is 2.89. The van der Waals surface area contributed by atoms with E-state index in [4.69, 9.17) is 4.74 Å².